The lowest BCUT2D eigenvalue weighted by Gasteiger charge is -2.20. The van der Waals surface area contributed by atoms with Gasteiger partial charge < -0.3 is 4.57 Å². The summed E-state index contributed by atoms with van der Waals surface area (Å²) in [5.74, 6) is 0. The van der Waals surface area contributed by atoms with Crippen molar-refractivity contribution in [2.45, 2.75) is 0 Å². The second kappa shape index (κ2) is 14.6. The maximum absolute atomic E-state index is 2.47. The standard InChI is InChI=1S/C64H39NS/c1-3-20-40(21-4-1)58-43-25-7-9-27-45(43)61(46-28-10-8-26-44(46)58)54-36-18-37-55-62-52(34-19-39-57(62)66-64(54)55)59-47-29-11-13-31-49(47)60(50-32-14-12-30-48(50)59)53-35-17-33-51-42-24-15-16-38-56(42)65(63(51)53)41-22-5-2-6-23-41/h1-39H. The first-order valence-corrected chi connectivity index (χ1v) is 23.6. The molecule has 2 heterocycles. The van der Waals surface area contributed by atoms with E-state index in [0.29, 0.717) is 0 Å². The maximum Gasteiger partial charge on any atom is 0.0619 e. The third-order valence-electron chi connectivity index (χ3n) is 14.0. The fourth-order valence-corrected chi connectivity index (χ4v) is 12.6. The van der Waals surface area contributed by atoms with E-state index in [0.717, 1.165) is 5.69 Å². The summed E-state index contributed by atoms with van der Waals surface area (Å²) in [6.07, 6.45) is 0. The van der Waals surface area contributed by atoms with Crippen LogP contribution >= 0.6 is 11.3 Å². The van der Waals surface area contributed by atoms with Crippen molar-refractivity contribution in [1.82, 2.24) is 4.57 Å². The number of rotatable bonds is 5. The van der Waals surface area contributed by atoms with E-state index in [1.54, 1.807) is 0 Å². The zero-order chi connectivity index (χ0) is 43.3. The molecule has 0 saturated heterocycles. The first-order valence-electron chi connectivity index (χ1n) is 22.8. The van der Waals surface area contributed by atoms with Crippen LogP contribution in [0.4, 0.5) is 0 Å². The highest BCUT2D eigenvalue weighted by Gasteiger charge is 2.25. The molecule has 0 radical (unpaired) electrons. The van der Waals surface area contributed by atoms with E-state index in [1.807, 2.05) is 11.3 Å². The van der Waals surface area contributed by atoms with Crippen molar-refractivity contribution < 1.29 is 0 Å². The van der Waals surface area contributed by atoms with Crippen LogP contribution in [0, 0.1) is 0 Å². The molecule has 0 spiro atoms. The SMILES string of the molecule is c1ccc(-c2c3ccccc3c(-c3cccc4c3sc3cccc(-c5c6ccccc6c(-c6cccc7c8ccccc8n(-c8ccccc8)c67)c6ccccc56)c34)c3ccccc23)cc1. The Morgan fingerprint density at radius 2 is 0.682 bits per heavy atom. The van der Waals surface area contributed by atoms with Crippen molar-refractivity contribution >= 4 is 96.4 Å². The van der Waals surface area contributed by atoms with E-state index >= 15 is 0 Å². The van der Waals surface area contributed by atoms with Crippen molar-refractivity contribution in [1.29, 1.82) is 0 Å². The van der Waals surface area contributed by atoms with Gasteiger partial charge in [0.1, 0.15) is 0 Å². The zero-order valence-corrected chi connectivity index (χ0v) is 36.7. The Morgan fingerprint density at radius 1 is 0.273 bits per heavy atom. The average molecular weight is 854 g/mol. The molecule has 0 amide bonds. The molecule has 0 fully saturated rings. The summed E-state index contributed by atoms with van der Waals surface area (Å²) in [6, 6.07) is 87.6. The summed E-state index contributed by atoms with van der Waals surface area (Å²) in [7, 11) is 0. The van der Waals surface area contributed by atoms with E-state index in [9.17, 15) is 0 Å². The monoisotopic (exact) mass is 853 g/mol. The summed E-state index contributed by atoms with van der Waals surface area (Å²) in [5, 5.41) is 15.2. The second-order valence-electron chi connectivity index (χ2n) is 17.4. The van der Waals surface area contributed by atoms with Crippen molar-refractivity contribution in [3.05, 3.63) is 237 Å². The van der Waals surface area contributed by atoms with E-state index in [2.05, 4.69) is 241 Å². The molecular formula is C64H39NS. The molecule has 0 aliphatic rings. The molecule has 0 saturated carbocycles. The van der Waals surface area contributed by atoms with Crippen LogP contribution in [-0.4, -0.2) is 4.57 Å². The molecule has 14 rings (SSSR count). The maximum atomic E-state index is 2.47. The van der Waals surface area contributed by atoms with E-state index in [4.69, 9.17) is 0 Å². The topological polar surface area (TPSA) is 4.93 Å². The Morgan fingerprint density at radius 3 is 1.27 bits per heavy atom. The predicted octanol–water partition coefficient (Wildman–Crippen LogP) is 18.4. The normalized spacial score (nSPS) is 11.9. The minimum atomic E-state index is 1.16. The lowest BCUT2D eigenvalue weighted by atomic mass is 9.84. The van der Waals surface area contributed by atoms with Gasteiger partial charge in [-0.25, -0.2) is 0 Å². The van der Waals surface area contributed by atoms with Gasteiger partial charge in [-0.2, -0.15) is 0 Å². The lowest BCUT2D eigenvalue weighted by molar-refractivity contribution is 1.18. The number of thiophene rings is 1. The molecule has 66 heavy (non-hydrogen) atoms. The number of fused-ring (bicyclic) bond motifs is 10. The molecule has 306 valence electrons. The highest BCUT2D eigenvalue weighted by molar-refractivity contribution is 7.26. The Hall–Kier alpha value is -8.30. The summed E-state index contributed by atoms with van der Waals surface area (Å²) in [4.78, 5) is 0. The Labute approximate surface area is 385 Å². The first-order chi connectivity index (χ1) is 32.8. The summed E-state index contributed by atoms with van der Waals surface area (Å²) in [5.41, 5.74) is 13.7. The summed E-state index contributed by atoms with van der Waals surface area (Å²) < 4.78 is 5.07. The third kappa shape index (κ3) is 5.34. The highest BCUT2D eigenvalue weighted by atomic mass is 32.1. The molecular weight excluding hydrogens is 815 g/mol. The van der Waals surface area contributed by atoms with Gasteiger partial charge in [-0.05, 0) is 101 Å². The molecule has 0 atom stereocenters. The van der Waals surface area contributed by atoms with Crippen LogP contribution in [0.1, 0.15) is 0 Å². The minimum Gasteiger partial charge on any atom is -0.309 e. The van der Waals surface area contributed by atoms with E-state index in [-0.39, 0.29) is 0 Å². The van der Waals surface area contributed by atoms with Gasteiger partial charge >= 0.3 is 0 Å². The van der Waals surface area contributed by atoms with Crippen LogP contribution in [0.5, 0.6) is 0 Å². The Kier molecular flexibility index (Phi) is 8.22. The van der Waals surface area contributed by atoms with E-state index in [1.165, 1.54) is 130 Å². The van der Waals surface area contributed by atoms with Crippen LogP contribution in [0.15, 0.2) is 237 Å². The number of nitrogens with zero attached hydrogens (tertiary/aromatic N) is 1. The number of hydrogen-bond donors (Lipinski definition) is 0. The lowest BCUT2D eigenvalue weighted by Crippen LogP contribution is -1.96. The Bertz CT molecular complexity index is 4160. The van der Waals surface area contributed by atoms with Crippen molar-refractivity contribution in [3.63, 3.8) is 0 Å². The molecule has 0 bridgehead atoms. The minimum absolute atomic E-state index is 1.16. The van der Waals surface area contributed by atoms with Crippen LogP contribution in [0.3, 0.4) is 0 Å². The number of hydrogen-bond acceptors (Lipinski definition) is 1. The van der Waals surface area contributed by atoms with Gasteiger partial charge in [0, 0.05) is 47.8 Å². The van der Waals surface area contributed by atoms with Gasteiger partial charge in [0.05, 0.1) is 11.0 Å². The second-order valence-corrected chi connectivity index (χ2v) is 18.5. The number of aromatic nitrogens is 1. The van der Waals surface area contributed by atoms with Crippen molar-refractivity contribution in [3.8, 4) is 50.2 Å². The number of para-hydroxylation sites is 3. The molecule has 0 aliphatic heterocycles. The van der Waals surface area contributed by atoms with Gasteiger partial charge in [-0.3, -0.25) is 0 Å². The molecule has 2 heteroatoms. The average Bonchev–Trinajstić information content (AvgIpc) is 3.95. The fourth-order valence-electron chi connectivity index (χ4n) is 11.4. The van der Waals surface area contributed by atoms with Gasteiger partial charge in [-0.1, -0.05) is 212 Å². The molecule has 0 aliphatic carbocycles. The fraction of sp³-hybridized carbons (Fsp3) is 0. The predicted molar refractivity (Wildman–Crippen MR) is 285 cm³/mol. The van der Waals surface area contributed by atoms with Crippen molar-refractivity contribution in [2.24, 2.45) is 0 Å². The highest BCUT2D eigenvalue weighted by Crippen LogP contribution is 2.52. The van der Waals surface area contributed by atoms with E-state index < -0.39 is 0 Å². The van der Waals surface area contributed by atoms with Crippen LogP contribution in [0.2, 0.25) is 0 Å². The van der Waals surface area contributed by atoms with Gasteiger partial charge in [0.25, 0.3) is 0 Å². The van der Waals surface area contributed by atoms with Crippen LogP contribution in [0.25, 0.3) is 135 Å². The van der Waals surface area contributed by atoms with Crippen LogP contribution < -0.4 is 0 Å². The molecule has 0 N–H and O–H groups in total. The summed E-state index contributed by atoms with van der Waals surface area (Å²) >= 11 is 1.92. The smallest absolute Gasteiger partial charge is 0.0619 e. The quantitative estimate of drug-likeness (QED) is 0.152. The van der Waals surface area contributed by atoms with Gasteiger partial charge in [0.15, 0.2) is 0 Å². The molecule has 0 unspecified atom stereocenters. The summed E-state index contributed by atoms with van der Waals surface area (Å²) in [6.45, 7) is 0. The molecule has 12 aromatic carbocycles. The largest absolute Gasteiger partial charge is 0.309 e. The van der Waals surface area contributed by atoms with Gasteiger partial charge in [0.2, 0.25) is 0 Å². The number of benzene rings is 12. The zero-order valence-electron chi connectivity index (χ0n) is 35.9. The molecule has 2 aromatic heterocycles. The van der Waals surface area contributed by atoms with Gasteiger partial charge in [-0.15, -0.1) is 11.3 Å². The van der Waals surface area contributed by atoms with Crippen LogP contribution in [-0.2, 0) is 0 Å². The molecule has 1 nitrogen and oxygen atoms in total. The Balaban J connectivity index is 1.06. The van der Waals surface area contributed by atoms with Crippen molar-refractivity contribution in [2.75, 3.05) is 0 Å². The third-order valence-corrected chi connectivity index (χ3v) is 15.2. The first kappa shape index (κ1) is 37.1. The molecule has 14 aromatic rings.